The van der Waals surface area contributed by atoms with E-state index in [0.717, 1.165) is 12.0 Å². The number of carbonyl (C=O) groups is 3. The Kier molecular flexibility index (Phi) is 7.91. The molecule has 3 atom stereocenters. The summed E-state index contributed by atoms with van der Waals surface area (Å²) in [4.78, 5) is 35.2. The van der Waals surface area contributed by atoms with Crippen LogP contribution in [0.3, 0.4) is 0 Å². The van der Waals surface area contributed by atoms with Crippen molar-refractivity contribution in [1.82, 2.24) is 16.0 Å². The lowest BCUT2D eigenvalue weighted by atomic mass is 10.1. The van der Waals surface area contributed by atoms with Crippen LogP contribution in [0.2, 0.25) is 0 Å². The summed E-state index contributed by atoms with van der Waals surface area (Å²) in [5.74, 6) is -0.374. The van der Waals surface area contributed by atoms with Crippen LogP contribution < -0.4 is 21.3 Å². The van der Waals surface area contributed by atoms with Gasteiger partial charge in [-0.2, -0.15) is 0 Å². The minimum Gasteiger partial charge on any atom is -0.352 e. The van der Waals surface area contributed by atoms with Crippen molar-refractivity contribution in [3.63, 3.8) is 0 Å². The molecule has 138 valence electrons. The van der Waals surface area contributed by atoms with Crippen LogP contribution in [0.4, 0.5) is 10.5 Å². The molecule has 7 heteroatoms. The Bertz CT molecular complexity index is 618. The molecule has 0 aromatic heterocycles. The van der Waals surface area contributed by atoms with Crippen LogP contribution in [0.5, 0.6) is 0 Å². The molecule has 1 rings (SSSR count). The number of hydrogen-bond acceptors (Lipinski definition) is 3. The Balaban J connectivity index is 2.58. The summed E-state index contributed by atoms with van der Waals surface area (Å²) in [7, 11) is 0. The van der Waals surface area contributed by atoms with Gasteiger partial charge < -0.3 is 21.3 Å². The molecular formula is C18H28N4O3. The highest BCUT2D eigenvalue weighted by molar-refractivity contribution is 5.89. The quantitative estimate of drug-likeness (QED) is 0.608. The second-order valence-electron chi connectivity index (χ2n) is 6.19. The second kappa shape index (κ2) is 9.66. The van der Waals surface area contributed by atoms with Crippen LogP contribution in [-0.2, 0) is 9.59 Å². The largest absolute Gasteiger partial charge is 0.352 e. The van der Waals surface area contributed by atoms with Gasteiger partial charge >= 0.3 is 6.03 Å². The van der Waals surface area contributed by atoms with E-state index in [2.05, 4.69) is 21.3 Å². The Morgan fingerprint density at radius 3 is 2.32 bits per heavy atom. The summed E-state index contributed by atoms with van der Waals surface area (Å²) in [6, 6.07) is 5.96. The SMILES string of the molecule is CC[C@H](C)NC(=O)[C@H](C)NC(=O)N[C@H](C)c1cccc(NC(C)=O)c1. The number of hydrogen-bond donors (Lipinski definition) is 4. The Labute approximate surface area is 148 Å². The predicted octanol–water partition coefficient (Wildman–Crippen LogP) is 2.31. The summed E-state index contributed by atoms with van der Waals surface area (Å²) in [6.45, 7) is 8.80. The maximum Gasteiger partial charge on any atom is 0.315 e. The van der Waals surface area contributed by atoms with Crippen LogP contribution in [0.25, 0.3) is 0 Å². The fourth-order valence-electron chi connectivity index (χ4n) is 2.14. The monoisotopic (exact) mass is 348 g/mol. The van der Waals surface area contributed by atoms with Crippen molar-refractivity contribution in [2.24, 2.45) is 0 Å². The van der Waals surface area contributed by atoms with Gasteiger partial charge in [-0.05, 0) is 44.9 Å². The van der Waals surface area contributed by atoms with Crippen LogP contribution in [-0.4, -0.2) is 29.9 Å². The van der Waals surface area contributed by atoms with Gasteiger partial charge in [0.25, 0.3) is 0 Å². The molecule has 0 radical (unpaired) electrons. The van der Waals surface area contributed by atoms with Gasteiger partial charge in [0.05, 0.1) is 6.04 Å². The molecule has 1 aromatic rings. The molecule has 25 heavy (non-hydrogen) atoms. The molecule has 0 aliphatic heterocycles. The first-order chi connectivity index (χ1) is 11.7. The maximum atomic E-state index is 12.1. The molecule has 0 unspecified atom stereocenters. The van der Waals surface area contributed by atoms with Crippen LogP contribution in [0.1, 0.15) is 52.6 Å². The van der Waals surface area contributed by atoms with Crippen molar-refractivity contribution >= 4 is 23.5 Å². The summed E-state index contributed by atoms with van der Waals surface area (Å²) in [5, 5.41) is 10.9. The van der Waals surface area contributed by atoms with E-state index in [1.54, 1.807) is 25.1 Å². The molecule has 0 heterocycles. The predicted molar refractivity (Wildman–Crippen MR) is 98.2 cm³/mol. The van der Waals surface area contributed by atoms with Gasteiger partial charge in [0.2, 0.25) is 11.8 Å². The van der Waals surface area contributed by atoms with Gasteiger partial charge in [-0.15, -0.1) is 0 Å². The number of rotatable bonds is 7. The standard InChI is InChI=1S/C18H28N4O3/c1-6-11(2)19-17(24)13(4)21-18(25)20-12(3)15-8-7-9-16(10-15)22-14(5)23/h7-13H,6H2,1-5H3,(H,19,24)(H,22,23)(H2,20,21,25)/t11-,12+,13-/m0/s1. The number of amides is 4. The highest BCUT2D eigenvalue weighted by atomic mass is 16.2. The first-order valence-corrected chi connectivity index (χ1v) is 8.47. The molecule has 7 nitrogen and oxygen atoms in total. The molecule has 0 saturated heterocycles. The summed E-state index contributed by atoms with van der Waals surface area (Å²) in [5.41, 5.74) is 1.51. The molecule has 1 aromatic carbocycles. The molecule has 4 amide bonds. The molecule has 4 N–H and O–H groups in total. The maximum absolute atomic E-state index is 12.1. The van der Waals surface area contributed by atoms with Crippen molar-refractivity contribution in [3.05, 3.63) is 29.8 Å². The topological polar surface area (TPSA) is 99.3 Å². The van der Waals surface area contributed by atoms with E-state index in [4.69, 9.17) is 0 Å². The summed E-state index contributed by atoms with van der Waals surface area (Å²) >= 11 is 0. The van der Waals surface area contributed by atoms with Crippen molar-refractivity contribution in [2.75, 3.05) is 5.32 Å². The zero-order valence-electron chi connectivity index (χ0n) is 15.5. The third-order valence-corrected chi connectivity index (χ3v) is 3.80. The summed E-state index contributed by atoms with van der Waals surface area (Å²) < 4.78 is 0. The molecule has 0 fully saturated rings. The van der Waals surface area contributed by atoms with E-state index < -0.39 is 12.1 Å². The van der Waals surface area contributed by atoms with E-state index in [9.17, 15) is 14.4 Å². The first kappa shape index (κ1) is 20.5. The van der Waals surface area contributed by atoms with E-state index in [0.29, 0.717) is 5.69 Å². The number of benzene rings is 1. The number of nitrogens with one attached hydrogen (secondary N) is 4. The average molecular weight is 348 g/mol. The van der Waals surface area contributed by atoms with E-state index in [1.165, 1.54) is 6.92 Å². The second-order valence-corrected chi connectivity index (χ2v) is 6.19. The fraction of sp³-hybridized carbons (Fsp3) is 0.500. The molecule has 0 aliphatic rings. The molecule has 0 saturated carbocycles. The number of carbonyl (C=O) groups excluding carboxylic acids is 3. The van der Waals surface area contributed by atoms with Gasteiger partial charge in [0, 0.05) is 18.7 Å². The van der Waals surface area contributed by atoms with Crippen LogP contribution in [0.15, 0.2) is 24.3 Å². The highest BCUT2D eigenvalue weighted by Gasteiger charge is 2.18. The minimum absolute atomic E-state index is 0.0650. The molecule has 0 spiro atoms. The van der Waals surface area contributed by atoms with Gasteiger partial charge in [0.15, 0.2) is 0 Å². The smallest absolute Gasteiger partial charge is 0.315 e. The van der Waals surface area contributed by atoms with Gasteiger partial charge in [0.1, 0.15) is 6.04 Å². The van der Waals surface area contributed by atoms with Gasteiger partial charge in [-0.3, -0.25) is 9.59 Å². The van der Waals surface area contributed by atoms with Crippen molar-refractivity contribution in [2.45, 2.75) is 59.2 Å². The van der Waals surface area contributed by atoms with Crippen LogP contribution >= 0.6 is 0 Å². The van der Waals surface area contributed by atoms with Crippen molar-refractivity contribution < 1.29 is 14.4 Å². The lowest BCUT2D eigenvalue weighted by molar-refractivity contribution is -0.123. The lowest BCUT2D eigenvalue weighted by Gasteiger charge is -2.20. The van der Waals surface area contributed by atoms with Crippen molar-refractivity contribution in [1.29, 1.82) is 0 Å². The van der Waals surface area contributed by atoms with E-state index >= 15 is 0 Å². The molecule has 0 bridgehead atoms. The third kappa shape index (κ3) is 7.24. The zero-order valence-corrected chi connectivity index (χ0v) is 15.5. The van der Waals surface area contributed by atoms with Gasteiger partial charge in [-0.1, -0.05) is 19.1 Å². The highest BCUT2D eigenvalue weighted by Crippen LogP contribution is 2.17. The number of anilines is 1. The Hall–Kier alpha value is -2.57. The summed E-state index contributed by atoms with van der Waals surface area (Å²) in [6.07, 6.45) is 0.826. The zero-order chi connectivity index (χ0) is 19.0. The Morgan fingerprint density at radius 2 is 1.72 bits per heavy atom. The fourth-order valence-corrected chi connectivity index (χ4v) is 2.14. The average Bonchev–Trinajstić information content (AvgIpc) is 2.53. The lowest BCUT2D eigenvalue weighted by Crippen LogP contribution is -2.50. The molecular weight excluding hydrogens is 320 g/mol. The first-order valence-electron chi connectivity index (χ1n) is 8.47. The van der Waals surface area contributed by atoms with Gasteiger partial charge in [-0.25, -0.2) is 4.79 Å². The third-order valence-electron chi connectivity index (χ3n) is 3.80. The van der Waals surface area contributed by atoms with E-state index in [1.807, 2.05) is 26.8 Å². The molecule has 0 aliphatic carbocycles. The normalized spacial score (nSPS) is 14.0. The van der Waals surface area contributed by atoms with E-state index in [-0.39, 0.29) is 23.9 Å². The van der Waals surface area contributed by atoms with Crippen molar-refractivity contribution in [3.8, 4) is 0 Å². The minimum atomic E-state index is -0.632. The Morgan fingerprint density at radius 1 is 1.04 bits per heavy atom. The van der Waals surface area contributed by atoms with Crippen LogP contribution in [0, 0.1) is 0 Å². The number of urea groups is 1.